The van der Waals surface area contributed by atoms with Crippen molar-refractivity contribution in [2.45, 2.75) is 26.6 Å². The van der Waals surface area contributed by atoms with Crippen molar-refractivity contribution in [2.24, 2.45) is 0 Å². The molecule has 0 amide bonds. The van der Waals surface area contributed by atoms with Crippen molar-refractivity contribution in [3.05, 3.63) is 88.2 Å². The van der Waals surface area contributed by atoms with Crippen LogP contribution in [0.3, 0.4) is 0 Å². The second kappa shape index (κ2) is 9.73. The van der Waals surface area contributed by atoms with Crippen LogP contribution in [0.1, 0.15) is 33.6 Å². The molecule has 3 rings (SSSR count). The molecule has 3 aromatic rings. The second-order valence-electron chi connectivity index (χ2n) is 7.52. The monoisotopic (exact) mass is 440 g/mol. The predicted octanol–water partition coefficient (Wildman–Crippen LogP) is 6.21. The summed E-state index contributed by atoms with van der Waals surface area (Å²) >= 11 is 0. The van der Waals surface area contributed by atoms with Crippen LogP contribution in [0, 0.1) is 13.8 Å². The van der Waals surface area contributed by atoms with E-state index in [2.05, 4.69) is 0 Å². The van der Waals surface area contributed by atoms with Crippen LogP contribution in [0.25, 0.3) is 24.3 Å². The molecule has 0 atom stereocenters. The Morgan fingerprint density at radius 2 is 1.41 bits per heavy atom. The molecule has 3 nitrogen and oxygen atoms in total. The van der Waals surface area contributed by atoms with Crippen molar-refractivity contribution in [2.75, 3.05) is 7.11 Å². The van der Waals surface area contributed by atoms with Crippen molar-refractivity contribution in [1.29, 1.82) is 0 Å². The molecule has 0 spiro atoms. The van der Waals surface area contributed by atoms with Gasteiger partial charge in [-0.3, -0.25) is 0 Å². The lowest BCUT2D eigenvalue weighted by molar-refractivity contribution is -0.722. The number of pyridine rings is 1. The highest BCUT2D eigenvalue weighted by Gasteiger charge is 2.35. The predicted molar refractivity (Wildman–Crippen MR) is 121 cm³/mol. The van der Waals surface area contributed by atoms with Crippen molar-refractivity contribution >= 4 is 24.3 Å². The van der Waals surface area contributed by atoms with Gasteiger partial charge in [0.25, 0.3) is 0 Å². The van der Waals surface area contributed by atoms with E-state index in [0.717, 1.165) is 22.4 Å². The van der Waals surface area contributed by atoms with E-state index < -0.39 is 12.7 Å². The van der Waals surface area contributed by atoms with Crippen molar-refractivity contribution in [3.8, 4) is 11.5 Å². The Labute approximate surface area is 185 Å². The van der Waals surface area contributed by atoms with E-state index in [1.165, 1.54) is 4.57 Å². The van der Waals surface area contributed by atoms with Gasteiger partial charge in [0.2, 0.25) is 17.9 Å². The molecular formula is C26H25F3NO2+. The molecule has 0 radical (unpaired) electrons. The zero-order chi connectivity index (χ0) is 23.3. The summed E-state index contributed by atoms with van der Waals surface area (Å²) in [6.45, 7) is 2.57. The van der Waals surface area contributed by atoms with E-state index in [4.69, 9.17) is 4.74 Å². The van der Waals surface area contributed by atoms with Gasteiger partial charge in [-0.1, -0.05) is 12.1 Å². The first-order valence-corrected chi connectivity index (χ1v) is 10.1. The fourth-order valence-electron chi connectivity index (χ4n) is 3.38. The number of methoxy groups -OCH3 is 1. The van der Waals surface area contributed by atoms with Gasteiger partial charge >= 0.3 is 6.18 Å². The molecule has 0 aliphatic heterocycles. The molecular weight excluding hydrogens is 415 g/mol. The molecule has 2 aromatic carbocycles. The first-order valence-electron chi connectivity index (χ1n) is 10.1. The average Bonchev–Trinajstić information content (AvgIpc) is 2.73. The summed E-state index contributed by atoms with van der Waals surface area (Å²) in [5.41, 5.74) is 4.14. The maximum atomic E-state index is 13.4. The first kappa shape index (κ1) is 23.1. The van der Waals surface area contributed by atoms with Crippen LogP contribution in [0.5, 0.6) is 11.5 Å². The van der Waals surface area contributed by atoms with Crippen LogP contribution in [-0.4, -0.2) is 18.4 Å². The Bertz CT molecular complexity index is 1160. The molecule has 0 bridgehead atoms. The zero-order valence-electron chi connectivity index (χ0n) is 18.1. The third-order valence-electron chi connectivity index (χ3n) is 5.03. The molecule has 166 valence electrons. The van der Waals surface area contributed by atoms with Crippen molar-refractivity contribution in [1.82, 2.24) is 0 Å². The van der Waals surface area contributed by atoms with Crippen LogP contribution < -0.4 is 9.30 Å². The highest BCUT2D eigenvalue weighted by atomic mass is 19.4. The van der Waals surface area contributed by atoms with Crippen molar-refractivity contribution < 1.29 is 27.6 Å². The minimum atomic E-state index is -4.37. The molecule has 0 saturated carbocycles. The third kappa shape index (κ3) is 6.00. The Balaban J connectivity index is 1.98. The summed E-state index contributed by atoms with van der Waals surface area (Å²) in [6.07, 6.45) is 2.46. The minimum absolute atomic E-state index is 0.176. The number of aryl methyl sites for hydroxylation is 2. The van der Waals surface area contributed by atoms with E-state index in [1.54, 1.807) is 74.7 Å². The SMILES string of the molecule is COc1ccc(/C=C/c2cccc(/C=C/c3ccc(O)c(C)c3)[n+]2CC(F)(F)F)cc1C. The molecule has 1 aromatic heterocycles. The average molecular weight is 440 g/mol. The topological polar surface area (TPSA) is 33.3 Å². The van der Waals surface area contributed by atoms with Crippen LogP contribution in [0.4, 0.5) is 13.2 Å². The number of aromatic hydroxyl groups is 1. The van der Waals surface area contributed by atoms with E-state index in [-0.39, 0.29) is 5.75 Å². The Morgan fingerprint density at radius 1 is 0.844 bits per heavy atom. The van der Waals surface area contributed by atoms with Gasteiger partial charge < -0.3 is 9.84 Å². The van der Waals surface area contributed by atoms with Gasteiger partial charge in [-0.15, -0.1) is 0 Å². The summed E-state index contributed by atoms with van der Waals surface area (Å²) in [5, 5.41) is 9.67. The lowest BCUT2D eigenvalue weighted by Gasteiger charge is -2.08. The lowest BCUT2D eigenvalue weighted by Crippen LogP contribution is -2.46. The number of phenols is 1. The van der Waals surface area contributed by atoms with Gasteiger partial charge in [0.05, 0.1) is 7.11 Å². The number of rotatable bonds is 6. The number of hydrogen-bond acceptors (Lipinski definition) is 2. The van der Waals surface area contributed by atoms with E-state index in [9.17, 15) is 18.3 Å². The van der Waals surface area contributed by atoms with Gasteiger partial charge in [0.1, 0.15) is 11.5 Å². The summed E-state index contributed by atoms with van der Waals surface area (Å²) in [4.78, 5) is 0. The fraction of sp³-hybridized carbons (Fsp3) is 0.192. The Hall–Kier alpha value is -3.54. The van der Waals surface area contributed by atoms with Crippen LogP contribution in [-0.2, 0) is 6.54 Å². The van der Waals surface area contributed by atoms with E-state index in [1.807, 2.05) is 25.1 Å². The molecule has 1 N–H and O–H groups in total. The normalized spacial score (nSPS) is 12.1. The number of benzene rings is 2. The number of halogens is 3. The second-order valence-corrected chi connectivity index (χ2v) is 7.52. The quantitative estimate of drug-likeness (QED) is 0.463. The number of aromatic nitrogens is 1. The van der Waals surface area contributed by atoms with Crippen LogP contribution in [0.2, 0.25) is 0 Å². The highest BCUT2D eigenvalue weighted by Crippen LogP contribution is 2.21. The number of ether oxygens (including phenoxy) is 1. The molecule has 6 heteroatoms. The lowest BCUT2D eigenvalue weighted by atomic mass is 10.1. The highest BCUT2D eigenvalue weighted by molar-refractivity contribution is 5.70. The third-order valence-corrected chi connectivity index (χ3v) is 5.03. The van der Waals surface area contributed by atoms with Crippen molar-refractivity contribution in [3.63, 3.8) is 0 Å². The maximum absolute atomic E-state index is 13.4. The molecule has 0 fully saturated rings. The molecule has 0 unspecified atom stereocenters. The number of alkyl halides is 3. The Morgan fingerprint density at radius 3 is 1.91 bits per heavy atom. The summed E-state index contributed by atoms with van der Waals surface area (Å²) in [5.74, 6) is 0.932. The maximum Gasteiger partial charge on any atom is 0.448 e. The molecule has 0 saturated heterocycles. The number of hydrogen-bond donors (Lipinski definition) is 1. The van der Waals surface area contributed by atoms with Crippen LogP contribution in [0.15, 0.2) is 54.6 Å². The van der Waals surface area contributed by atoms with Gasteiger partial charge in [0.15, 0.2) is 0 Å². The van der Waals surface area contributed by atoms with E-state index >= 15 is 0 Å². The fourth-order valence-corrected chi connectivity index (χ4v) is 3.38. The van der Waals surface area contributed by atoms with Gasteiger partial charge in [0, 0.05) is 24.3 Å². The minimum Gasteiger partial charge on any atom is -0.508 e. The van der Waals surface area contributed by atoms with E-state index in [0.29, 0.717) is 17.0 Å². The van der Waals surface area contributed by atoms with Gasteiger partial charge in [-0.2, -0.15) is 17.7 Å². The smallest absolute Gasteiger partial charge is 0.448 e. The molecule has 0 aliphatic rings. The Kier molecular flexibility index (Phi) is 7.03. The molecule has 1 heterocycles. The summed E-state index contributed by atoms with van der Waals surface area (Å²) < 4.78 is 46.5. The van der Waals surface area contributed by atoms with Crippen LogP contribution >= 0.6 is 0 Å². The number of nitrogens with zero attached hydrogens (tertiary/aromatic N) is 1. The molecule has 32 heavy (non-hydrogen) atoms. The standard InChI is InChI=1S/C26H24F3NO2/c1-18-15-20(9-13-24(18)31)7-11-22-5-4-6-23(30(22)17-26(27,28)29)12-8-21-10-14-25(32-3)19(2)16-21/h4-16H,17H2,1-3H3/p+1/b12-8+. The van der Waals surface area contributed by atoms with Gasteiger partial charge in [-0.05, 0) is 78.6 Å². The summed E-state index contributed by atoms with van der Waals surface area (Å²) in [7, 11) is 1.59. The summed E-state index contributed by atoms with van der Waals surface area (Å²) in [6, 6.07) is 15.7. The molecule has 0 aliphatic carbocycles. The van der Waals surface area contributed by atoms with Gasteiger partial charge in [-0.25, -0.2) is 0 Å². The largest absolute Gasteiger partial charge is 0.508 e. The number of phenolic OH excluding ortho intramolecular Hbond substituents is 1. The first-order chi connectivity index (χ1) is 15.2. The zero-order valence-corrected chi connectivity index (χ0v) is 18.1.